The lowest BCUT2D eigenvalue weighted by Gasteiger charge is -2.07. The Balaban J connectivity index is 2.47. The standard InChI is InChI=1S/C12H21N3O2/c1-8(16)5-6-12(17)13-7-11-9(2)14-15(4)10(11)3/h8,16H,5-7H2,1-4H3,(H,13,17). The first-order valence-electron chi connectivity index (χ1n) is 5.85. The zero-order chi connectivity index (χ0) is 13.0. The molecule has 2 N–H and O–H groups in total. The first-order valence-corrected chi connectivity index (χ1v) is 5.85. The summed E-state index contributed by atoms with van der Waals surface area (Å²) in [4.78, 5) is 11.5. The number of hydrogen-bond donors (Lipinski definition) is 2. The molecule has 5 nitrogen and oxygen atoms in total. The van der Waals surface area contributed by atoms with E-state index in [4.69, 9.17) is 5.11 Å². The third-order valence-corrected chi connectivity index (χ3v) is 2.91. The van der Waals surface area contributed by atoms with Crippen molar-refractivity contribution in [3.8, 4) is 0 Å². The van der Waals surface area contributed by atoms with Crippen LogP contribution < -0.4 is 5.32 Å². The molecule has 0 aliphatic carbocycles. The molecule has 1 aromatic rings. The molecule has 1 aromatic heterocycles. The van der Waals surface area contributed by atoms with E-state index < -0.39 is 6.10 Å². The number of carbonyl (C=O) groups is 1. The Labute approximate surface area is 102 Å². The van der Waals surface area contributed by atoms with Gasteiger partial charge in [0.25, 0.3) is 0 Å². The second-order valence-corrected chi connectivity index (χ2v) is 4.44. The van der Waals surface area contributed by atoms with Crippen molar-refractivity contribution >= 4 is 5.91 Å². The Kier molecular flexibility index (Phi) is 4.69. The fourth-order valence-electron chi connectivity index (χ4n) is 1.69. The average molecular weight is 239 g/mol. The number of aliphatic hydroxyl groups is 1. The second kappa shape index (κ2) is 5.82. The fraction of sp³-hybridized carbons (Fsp3) is 0.667. The molecule has 0 aromatic carbocycles. The van der Waals surface area contributed by atoms with Gasteiger partial charge >= 0.3 is 0 Å². The molecule has 1 heterocycles. The van der Waals surface area contributed by atoms with Crippen molar-refractivity contribution in [2.75, 3.05) is 0 Å². The molecule has 1 atom stereocenters. The van der Waals surface area contributed by atoms with Crippen molar-refractivity contribution in [2.45, 2.75) is 46.3 Å². The van der Waals surface area contributed by atoms with Crippen LogP contribution >= 0.6 is 0 Å². The monoisotopic (exact) mass is 239 g/mol. The van der Waals surface area contributed by atoms with Gasteiger partial charge in [-0.25, -0.2) is 0 Å². The predicted molar refractivity (Wildman–Crippen MR) is 65.4 cm³/mol. The van der Waals surface area contributed by atoms with Crippen LogP contribution in [-0.4, -0.2) is 26.9 Å². The number of aryl methyl sites for hydroxylation is 2. The Morgan fingerprint density at radius 3 is 2.65 bits per heavy atom. The molecule has 1 unspecified atom stereocenters. The molecule has 0 fully saturated rings. The zero-order valence-corrected chi connectivity index (χ0v) is 10.9. The van der Waals surface area contributed by atoms with E-state index in [1.54, 1.807) is 6.92 Å². The summed E-state index contributed by atoms with van der Waals surface area (Å²) in [5.74, 6) is -0.0337. The van der Waals surface area contributed by atoms with Gasteiger partial charge in [-0.15, -0.1) is 0 Å². The van der Waals surface area contributed by atoms with Crippen molar-refractivity contribution < 1.29 is 9.90 Å². The highest BCUT2D eigenvalue weighted by molar-refractivity contribution is 5.75. The van der Waals surface area contributed by atoms with Crippen LogP contribution in [0.3, 0.4) is 0 Å². The Morgan fingerprint density at radius 2 is 2.18 bits per heavy atom. The van der Waals surface area contributed by atoms with Crippen molar-refractivity contribution in [1.82, 2.24) is 15.1 Å². The highest BCUT2D eigenvalue weighted by Crippen LogP contribution is 2.11. The average Bonchev–Trinajstić information content (AvgIpc) is 2.48. The van der Waals surface area contributed by atoms with E-state index in [2.05, 4.69) is 10.4 Å². The lowest BCUT2D eigenvalue weighted by Crippen LogP contribution is -2.24. The van der Waals surface area contributed by atoms with E-state index in [9.17, 15) is 4.79 Å². The van der Waals surface area contributed by atoms with Gasteiger partial charge in [0.1, 0.15) is 0 Å². The van der Waals surface area contributed by atoms with Crippen LogP contribution in [0.2, 0.25) is 0 Å². The maximum Gasteiger partial charge on any atom is 0.220 e. The molecule has 5 heteroatoms. The SMILES string of the molecule is Cc1nn(C)c(C)c1CNC(=O)CCC(C)O. The maximum absolute atomic E-state index is 11.5. The van der Waals surface area contributed by atoms with E-state index in [0.29, 0.717) is 19.4 Å². The molecule has 0 spiro atoms. The van der Waals surface area contributed by atoms with Crippen LogP contribution in [0.5, 0.6) is 0 Å². The van der Waals surface area contributed by atoms with Crippen LogP contribution in [0.25, 0.3) is 0 Å². The molecule has 17 heavy (non-hydrogen) atoms. The van der Waals surface area contributed by atoms with Crippen molar-refractivity contribution in [3.63, 3.8) is 0 Å². The Morgan fingerprint density at radius 1 is 1.53 bits per heavy atom. The van der Waals surface area contributed by atoms with Crippen molar-refractivity contribution in [1.29, 1.82) is 0 Å². The minimum Gasteiger partial charge on any atom is -0.393 e. The maximum atomic E-state index is 11.5. The van der Waals surface area contributed by atoms with Gasteiger partial charge in [-0.1, -0.05) is 0 Å². The summed E-state index contributed by atoms with van der Waals surface area (Å²) in [6.45, 7) is 6.11. The molecule has 1 amide bonds. The number of hydrogen-bond acceptors (Lipinski definition) is 3. The van der Waals surface area contributed by atoms with Gasteiger partial charge in [0.2, 0.25) is 5.91 Å². The van der Waals surface area contributed by atoms with E-state index >= 15 is 0 Å². The summed E-state index contributed by atoms with van der Waals surface area (Å²) in [5.41, 5.74) is 3.08. The number of aromatic nitrogens is 2. The number of carbonyl (C=O) groups excluding carboxylic acids is 1. The number of aliphatic hydroxyl groups excluding tert-OH is 1. The van der Waals surface area contributed by atoms with Gasteiger partial charge in [-0.2, -0.15) is 5.10 Å². The van der Waals surface area contributed by atoms with Crippen LogP contribution in [0.4, 0.5) is 0 Å². The summed E-state index contributed by atoms with van der Waals surface area (Å²) in [6.07, 6.45) is 0.426. The summed E-state index contributed by atoms with van der Waals surface area (Å²) in [5, 5.41) is 16.2. The van der Waals surface area contributed by atoms with E-state index in [1.807, 2.05) is 25.6 Å². The number of nitrogens with one attached hydrogen (secondary N) is 1. The third-order valence-electron chi connectivity index (χ3n) is 2.91. The Hall–Kier alpha value is -1.36. The zero-order valence-electron chi connectivity index (χ0n) is 10.9. The van der Waals surface area contributed by atoms with E-state index in [1.165, 1.54) is 0 Å². The molecule has 0 saturated carbocycles. The number of rotatable bonds is 5. The minimum atomic E-state index is -0.428. The van der Waals surface area contributed by atoms with Gasteiger partial charge in [0.05, 0.1) is 11.8 Å². The van der Waals surface area contributed by atoms with Crippen LogP contribution in [-0.2, 0) is 18.4 Å². The topological polar surface area (TPSA) is 67.2 Å². The quantitative estimate of drug-likeness (QED) is 0.799. The van der Waals surface area contributed by atoms with E-state index in [0.717, 1.165) is 17.0 Å². The van der Waals surface area contributed by atoms with E-state index in [-0.39, 0.29) is 5.91 Å². The first-order chi connectivity index (χ1) is 7.91. The molecule has 1 rings (SSSR count). The van der Waals surface area contributed by atoms with Crippen LogP contribution in [0, 0.1) is 13.8 Å². The highest BCUT2D eigenvalue weighted by atomic mass is 16.3. The molecule has 0 bridgehead atoms. The lowest BCUT2D eigenvalue weighted by atomic mass is 10.2. The second-order valence-electron chi connectivity index (χ2n) is 4.44. The Bertz CT molecular complexity index is 397. The molecule has 0 saturated heterocycles. The van der Waals surface area contributed by atoms with Gasteiger partial charge < -0.3 is 10.4 Å². The smallest absolute Gasteiger partial charge is 0.220 e. The summed E-state index contributed by atoms with van der Waals surface area (Å²) >= 11 is 0. The fourth-order valence-corrected chi connectivity index (χ4v) is 1.69. The van der Waals surface area contributed by atoms with Gasteiger partial charge in [-0.05, 0) is 27.2 Å². The summed E-state index contributed by atoms with van der Waals surface area (Å²) in [7, 11) is 1.89. The molecule has 96 valence electrons. The molecular formula is C12H21N3O2. The lowest BCUT2D eigenvalue weighted by molar-refractivity contribution is -0.121. The van der Waals surface area contributed by atoms with Crippen LogP contribution in [0.15, 0.2) is 0 Å². The number of nitrogens with zero attached hydrogens (tertiary/aromatic N) is 2. The molecule has 0 aliphatic rings. The predicted octanol–water partition coefficient (Wildman–Crippen LogP) is 0.814. The normalized spacial score (nSPS) is 12.5. The molecular weight excluding hydrogens is 218 g/mol. The summed E-state index contributed by atoms with van der Waals surface area (Å²) < 4.78 is 1.81. The first kappa shape index (κ1) is 13.7. The van der Waals surface area contributed by atoms with Gasteiger partial charge in [0, 0.05) is 31.3 Å². The van der Waals surface area contributed by atoms with Crippen LogP contribution in [0.1, 0.15) is 36.7 Å². The minimum absolute atomic E-state index is 0.0337. The number of amides is 1. The molecule has 0 aliphatic heterocycles. The van der Waals surface area contributed by atoms with Gasteiger partial charge in [0.15, 0.2) is 0 Å². The van der Waals surface area contributed by atoms with Crippen molar-refractivity contribution in [3.05, 3.63) is 17.0 Å². The van der Waals surface area contributed by atoms with Gasteiger partial charge in [-0.3, -0.25) is 9.48 Å². The highest BCUT2D eigenvalue weighted by Gasteiger charge is 2.10. The largest absolute Gasteiger partial charge is 0.393 e. The summed E-state index contributed by atoms with van der Waals surface area (Å²) in [6, 6.07) is 0. The molecule has 0 radical (unpaired) electrons. The third kappa shape index (κ3) is 3.85. The van der Waals surface area contributed by atoms with Crippen molar-refractivity contribution in [2.24, 2.45) is 7.05 Å².